The van der Waals surface area contributed by atoms with E-state index in [1.165, 1.54) is 16.3 Å². The first kappa shape index (κ1) is 12.8. The number of aromatic nitrogens is 1. The van der Waals surface area contributed by atoms with Gasteiger partial charge in [0.2, 0.25) is 0 Å². The van der Waals surface area contributed by atoms with Crippen molar-refractivity contribution in [1.29, 1.82) is 0 Å². The molecule has 0 aliphatic rings. The van der Waals surface area contributed by atoms with Gasteiger partial charge in [-0.1, -0.05) is 48.5 Å². The molecule has 1 heterocycles. The Labute approximate surface area is 119 Å². The molecule has 20 heavy (non-hydrogen) atoms. The van der Waals surface area contributed by atoms with Crippen LogP contribution in [-0.4, -0.2) is 12.0 Å². The Morgan fingerprint density at radius 2 is 1.75 bits per heavy atom. The molecule has 0 aliphatic heterocycles. The van der Waals surface area contributed by atoms with Gasteiger partial charge in [0.05, 0.1) is 11.7 Å². The summed E-state index contributed by atoms with van der Waals surface area (Å²) in [6.45, 7) is 0. The average Bonchev–Trinajstić information content (AvgIpc) is 2.53. The molecular weight excluding hydrogens is 244 g/mol. The summed E-state index contributed by atoms with van der Waals surface area (Å²) in [6.07, 6.45) is 2.79. The van der Waals surface area contributed by atoms with Crippen molar-refractivity contribution in [3.05, 3.63) is 78.1 Å². The molecule has 0 bridgehead atoms. The van der Waals surface area contributed by atoms with E-state index in [4.69, 9.17) is 0 Å². The van der Waals surface area contributed by atoms with Crippen molar-refractivity contribution in [3.63, 3.8) is 0 Å². The van der Waals surface area contributed by atoms with Crippen LogP contribution >= 0.6 is 0 Å². The van der Waals surface area contributed by atoms with Crippen LogP contribution in [0, 0.1) is 0 Å². The lowest BCUT2D eigenvalue weighted by molar-refractivity contribution is 0.578. The predicted octanol–water partition coefficient (Wildman–Crippen LogP) is 3.74. The normalized spacial score (nSPS) is 12.4. The van der Waals surface area contributed by atoms with E-state index in [0.29, 0.717) is 0 Å². The molecule has 0 fully saturated rings. The van der Waals surface area contributed by atoms with Crippen LogP contribution in [0.25, 0.3) is 10.8 Å². The molecule has 2 nitrogen and oxygen atoms in total. The van der Waals surface area contributed by atoms with Crippen LogP contribution < -0.4 is 5.32 Å². The molecule has 3 aromatic rings. The number of nitrogens with one attached hydrogen (secondary N) is 1. The van der Waals surface area contributed by atoms with E-state index in [0.717, 1.165) is 12.1 Å². The van der Waals surface area contributed by atoms with Gasteiger partial charge in [0.1, 0.15) is 0 Å². The summed E-state index contributed by atoms with van der Waals surface area (Å²) in [5.41, 5.74) is 2.44. The molecule has 0 saturated carbocycles. The van der Waals surface area contributed by atoms with E-state index in [-0.39, 0.29) is 6.04 Å². The zero-order valence-corrected chi connectivity index (χ0v) is 11.6. The van der Waals surface area contributed by atoms with Crippen molar-refractivity contribution in [2.75, 3.05) is 7.05 Å². The standard InChI is InChI=1S/C18H18N2/c1-19-18(17-11-4-5-12-20-17)13-15-9-6-8-14-7-2-3-10-16(14)15/h2-12,18-19H,13H2,1H3. The minimum absolute atomic E-state index is 0.238. The quantitative estimate of drug-likeness (QED) is 0.774. The highest BCUT2D eigenvalue weighted by Gasteiger charge is 2.12. The highest BCUT2D eigenvalue weighted by molar-refractivity contribution is 5.85. The van der Waals surface area contributed by atoms with Crippen molar-refractivity contribution >= 4 is 10.8 Å². The average molecular weight is 262 g/mol. The van der Waals surface area contributed by atoms with E-state index in [2.05, 4.69) is 58.8 Å². The van der Waals surface area contributed by atoms with E-state index in [9.17, 15) is 0 Å². The van der Waals surface area contributed by atoms with Crippen molar-refractivity contribution in [1.82, 2.24) is 10.3 Å². The predicted molar refractivity (Wildman–Crippen MR) is 83.7 cm³/mol. The Morgan fingerprint density at radius 3 is 2.55 bits per heavy atom. The molecule has 1 atom stereocenters. The molecule has 0 spiro atoms. The summed E-state index contributed by atoms with van der Waals surface area (Å²) in [7, 11) is 1.99. The van der Waals surface area contributed by atoms with E-state index in [1.807, 2.05) is 25.4 Å². The van der Waals surface area contributed by atoms with E-state index < -0.39 is 0 Å². The molecule has 0 radical (unpaired) electrons. The molecule has 2 heteroatoms. The van der Waals surface area contributed by atoms with Crippen molar-refractivity contribution < 1.29 is 0 Å². The molecular formula is C18H18N2. The van der Waals surface area contributed by atoms with Gasteiger partial charge in [0.25, 0.3) is 0 Å². The minimum atomic E-state index is 0.238. The van der Waals surface area contributed by atoms with Crippen molar-refractivity contribution in [2.24, 2.45) is 0 Å². The first-order valence-corrected chi connectivity index (χ1v) is 6.93. The summed E-state index contributed by atoms with van der Waals surface area (Å²) in [6, 6.07) is 21.3. The number of rotatable bonds is 4. The van der Waals surface area contributed by atoms with Crippen LogP contribution in [0.4, 0.5) is 0 Å². The third-order valence-electron chi connectivity index (χ3n) is 3.70. The minimum Gasteiger partial charge on any atom is -0.311 e. The third kappa shape index (κ3) is 2.56. The highest BCUT2D eigenvalue weighted by Crippen LogP contribution is 2.23. The summed E-state index contributed by atoms with van der Waals surface area (Å²) in [4.78, 5) is 4.46. The smallest absolute Gasteiger partial charge is 0.0576 e. The molecule has 1 unspecified atom stereocenters. The van der Waals surface area contributed by atoms with Gasteiger partial charge >= 0.3 is 0 Å². The Bertz CT molecular complexity index is 687. The fraction of sp³-hybridized carbons (Fsp3) is 0.167. The van der Waals surface area contributed by atoms with Gasteiger partial charge in [-0.25, -0.2) is 0 Å². The van der Waals surface area contributed by atoms with E-state index in [1.54, 1.807) is 0 Å². The Balaban J connectivity index is 1.96. The molecule has 0 amide bonds. The second-order valence-electron chi connectivity index (χ2n) is 4.94. The second kappa shape index (κ2) is 5.85. The SMILES string of the molecule is CNC(Cc1cccc2ccccc12)c1ccccn1. The molecule has 2 aromatic carbocycles. The largest absolute Gasteiger partial charge is 0.311 e. The third-order valence-corrected chi connectivity index (χ3v) is 3.70. The molecule has 1 N–H and O–H groups in total. The Morgan fingerprint density at radius 1 is 0.950 bits per heavy atom. The maximum atomic E-state index is 4.46. The summed E-state index contributed by atoms with van der Waals surface area (Å²) < 4.78 is 0. The number of likely N-dealkylation sites (N-methyl/N-ethyl adjacent to an activating group) is 1. The zero-order chi connectivity index (χ0) is 13.8. The van der Waals surface area contributed by atoms with Gasteiger partial charge in [-0.3, -0.25) is 4.98 Å². The van der Waals surface area contributed by atoms with Crippen LogP contribution in [0.1, 0.15) is 17.3 Å². The van der Waals surface area contributed by atoms with Crippen LogP contribution in [0.3, 0.4) is 0 Å². The molecule has 100 valence electrons. The number of benzene rings is 2. The van der Waals surface area contributed by atoms with Crippen LogP contribution in [0.5, 0.6) is 0 Å². The molecule has 0 aliphatic carbocycles. The van der Waals surface area contributed by atoms with Crippen molar-refractivity contribution in [2.45, 2.75) is 12.5 Å². The fourth-order valence-electron chi connectivity index (χ4n) is 2.63. The Kier molecular flexibility index (Phi) is 3.75. The summed E-state index contributed by atoms with van der Waals surface area (Å²) >= 11 is 0. The highest BCUT2D eigenvalue weighted by atomic mass is 14.9. The number of hydrogen-bond acceptors (Lipinski definition) is 2. The lowest BCUT2D eigenvalue weighted by Gasteiger charge is -2.17. The lowest BCUT2D eigenvalue weighted by atomic mass is 9.97. The lowest BCUT2D eigenvalue weighted by Crippen LogP contribution is -2.20. The fourth-order valence-corrected chi connectivity index (χ4v) is 2.63. The molecule has 0 saturated heterocycles. The first-order valence-electron chi connectivity index (χ1n) is 6.93. The topological polar surface area (TPSA) is 24.9 Å². The van der Waals surface area contributed by atoms with Crippen LogP contribution in [-0.2, 0) is 6.42 Å². The first-order chi connectivity index (χ1) is 9.88. The second-order valence-corrected chi connectivity index (χ2v) is 4.94. The molecule has 3 rings (SSSR count). The van der Waals surface area contributed by atoms with Crippen molar-refractivity contribution in [3.8, 4) is 0 Å². The molecule has 1 aromatic heterocycles. The summed E-state index contributed by atoms with van der Waals surface area (Å²) in [5.74, 6) is 0. The number of pyridine rings is 1. The zero-order valence-electron chi connectivity index (χ0n) is 11.6. The van der Waals surface area contributed by atoms with Gasteiger partial charge in [-0.15, -0.1) is 0 Å². The number of fused-ring (bicyclic) bond motifs is 1. The monoisotopic (exact) mass is 262 g/mol. The summed E-state index contributed by atoms with van der Waals surface area (Å²) in [5, 5.41) is 5.99. The number of hydrogen-bond donors (Lipinski definition) is 1. The Hall–Kier alpha value is -2.19. The van der Waals surface area contributed by atoms with E-state index >= 15 is 0 Å². The van der Waals surface area contributed by atoms with Gasteiger partial charge in [-0.05, 0) is 41.9 Å². The maximum Gasteiger partial charge on any atom is 0.0576 e. The van der Waals surface area contributed by atoms with Gasteiger partial charge in [0, 0.05) is 6.20 Å². The number of nitrogens with zero attached hydrogens (tertiary/aromatic N) is 1. The van der Waals surface area contributed by atoms with Crippen LogP contribution in [0.2, 0.25) is 0 Å². The van der Waals surface area contributed by atoms with Gasteiger partial charge in [-0.2, -0.15) is 0 Å². The van der Waals surface area contributed by atoms with Gasteiger partial charge in [0.15, 0.2) is 0 Å². The van der Waals surface area contributed by atoms with Crippen LogP contribution in [0.15, 0.2) is 66.9 Å². The van der Waals surface area contributed by atoms with Gasteiger partial charge < -0.3 is 5.32 Å². The maximum absolute atomic E-state index is 4.46.